The zero-order chi connectivity index (χ0) is 34.2. The van der Waals surface area contributed by atoms with E-state index in [1.54, 1.807) is 18.2 Å². The van der Waals surface area contributed by atoms with Gasteiger partial charge in [0.25, 0.3) is 0 Å². The number of benzene rings is 1. The number of hydrogen-bond donors (Lipinski definition) is 0. The molecule has 1 saturated heterocycles. The van der Waals surface area contributed by atoms with Crippen LogP contribution in [0.1, 0.15) is 172 Å². The number of allylic oxidation sites excluding steroid dienone is 2. The summed E-state index contributed by atoms with van der Waals surface area (Å²) in [6.07, 6.45) is 21.2. The fourth-order valence-electron chi connectivity index (χ4n) is 13.9. The molecule has 1 heterocycles. The summed E-state index contributed by atoms with van der Waals surface area (Å²) in [4.78, 5) is 27.6. The first-order chi connectivity index (χ1) is 22.8. The molecule has 264 valence electrons. The number of esters is 1. The lowest BCUT2D eigenvalue weighted by molar-refractivity contribution is -0.0613. The van der Waals surface area contributed by atoms with Crippen molar-refractivity contribution in [3.8, 4) is 0 Å². The monoisotopic (exact) mass is 655 g/mol. The van der Waals surface area contributed by atoms with Crippen molar-refractivity contribution in [3.05, 3.63) is 46.5 Å². The van der Waals surface area contributed by atoms with Crippen molar-refractivity contribution in [3.63, 3.8) is 0 Å². The van der Waals surface area contributed by atoms with Gasteiger partial charge in [0.05, 0.1) is 5.56 Å². The van der Waals surface area contributed by atoms with Gasteiger partial charge in [0.2, 0.25) is 0 Å². The van der Waals surface area contributed by atoms with E-state index in [-0.39, 0.29) is 22.9 Å². The normalized spacial score (nSPS) is 40.6. The number of carbonyl (C=O) groups is 2. The van der Waals surface area contributed by atoms with Gasteiger partial charge in [-0.05, 0) is 160 Å². The van der Waals surface area contributed by atoms with Crippen LogP contribution in [0, 0.1) is 37.9 Å². The molecular formula is C44H65NO3. The Bertz CT molecular complexity index is 1470. The second-order valence-corrected chi connectivity index (χ2v) is 19.1. The molecule has 4 nitrogen and oxygen atoms in total. The van der Waals surface area contributed by atoms with Crippen LogP contribution in [0.5, 0.6) is 0 Å². The van der Waals surface area contributed by atoms with Gasteiger partial charge >= 0.3 is 5.97 Å². The number of nitrogens with zero attached hydrogens (tertiary/aromatic N) is 1. The standard InChI is InChI=1S/C44H65NO3/c1-8-33(48-37(47)34-15-11-10-14-32(34)31-46)16-18-41(6)42(7)23-22-40(5)39(4)21-25-43(26-29-45-27-12-9-13-28-45)24-20-38(2,3)30-36(43)35(39)17-19-44(40,41)42/h10-11,14-15,31,33H,8-9,12-13,16-30H2,1-7H3/t33?,39-,40?,41?,42?,43?,44?/m1/s1. The number of carbonyl (C=O) groups excluding carboxylic acids is 2. The average Bonchev–Trinajstić information content (AvgIpc) is 3.34. The Morgan fingerprint density at radius 1 is 0.854 bits per heavy atom. The van der Waals surface area contributed by atoms with Gasteiger partial charge in [0.1, 0.15) is 6.10 Å². The van der Waals surface area contributed by atoms with Crippen molar-refractivity contribution in [1.82, 2.24) is 4.90 Å². The molecule has 1 aromatic rings. The van der Waals surface area contributed by atoms with Crippen molar-refractivity contribution in [1.29, 1.82) is 0 Å². The predicted molar refractivity (Wildman–Crippen MR) is 195 cm³/mol. The van der Waals surface area contributed by atoms with Crippen LogP contribution in [0.4, 0.5) is 0 Å². The minimum Gasteiger partial charge on any atom is -0.459 e. The van der Waals surface area contributed by atoms with Crippen LogP contribution in [-0.2, 0) is 4.74 Å². The van der Waals surface area contributed by atoms with Crippen LogP contribution < -0.4 is 0 Å². The molecule has 4 heteroatoms. The number of rotatable bonds is 10. The third-order valence-corrected chi connectivity index (χ3v) is 17.1. The van der Waals surface area contributed by atoms with E-state index in [1.165, 1.54) is 103 Å². The first-order valence-electron chi connectivity index (χ1n) is 20.0. The first kappa shape index (κ1) is 34.5. The summed E-state index contributed by atoms with van der Waals surface area (Å²) in [5.41, 5.74) is 6.99. The molecule has 1 aromatic carbocycles. The molecule has 5 fully saturated rings. The molecule has 6 unspecified atom stereocenters. The fraction of sp³-hybridized carbons (Fsp3) is 0.773. The van der Waals surface area contributed by atoms with Crippen molar-refractivity contribution < 1.29 is 14.3 Å². The molecule has 48 heavy (non-hydrogen) atoms. The minimum absolute atomic E-state index is 0.127. The van der Waals surface area contributed by atoms with Gasteiger partial charge < -0.3 is 9.64 Å². The maximum absolute atomic E-state index is 13.2. The number of piperidine rings is 1. The Balaban J connectivity index is 1.15. The SMILES string of the molecule is CCC(CCC1(C)C2(C)CCC3(C)C12CCC1=C2CC(C)(C)CCC2(CCN2CCCCC2)CC[C@]13C)OC(=O)c1ccccc1C=O. The quantitative estimate of drug-likeness (QED) is 0.143. The molecule has 0 radical (unpaired) electrons. The molecule has 6 aliphatic rings. The molecule has 5 aliphatic carbocycles. The lowest BCUT2D eigenvalue weighted by atomic mass is 9.41. The predicted octanol–water partition coefficient (Wildman–Crippen LogP) is 11.0. The highest BCUT2D eigenvalue weighted by Crippen LogP contribution is 2.97. The molecule has 4 saturated carbocycles. The third-order valence-electron chi connectivity index (χ3n) is 17.1. The van der Waals surface area contributed by atoms with Crippen LogP contribution in [0.3, 0.4) is 0 Å². The summed E-state index contributed by atoms with van der Waals surface area (Å²) < 4.78 is 6.12. The van der Waals surface area contributed by atoms with Gasteiger partial charge in [-0.1, -0.05) is 84.2 Å². The number of hydrogen-bond acceptors (Lipinski definition) is 4. The number of likely N-dealkylation sites (tertiary alicyclic amines) is 1. The maximum Gasteiger partial charge on any atom is 0.339 e. The van der Waals surface area contributed by atoms with Gasteiger partial charge in [0, 0.05) is 5.56 Å². The van der Waals surface area contributed by atoms with E-state index in [4.69, 9.17) is 4.74 Å². The van der Waals surface area contributed by atoms with Gasteiger partial charge in [-0.3, -0.25) is 4.79 Å². The van der Waals surface area contributed by atoms with Gasteiger partial charge in [-0.15, -0.1) is 0 Å². The molecule has 0 amide bonds. The van der Waals surface area contributed by atoms with E-state index >= 15 is 0 Å². The molecule has 0 aromatic heterocycles. The Kier molecular flexibility index (Phi) is 8.49. The van der Waals surface area contributed by atoms with Crippen LogP contribution in [0.2, 0.25) is 0 Å². The van der Waals surface area contributed by atoms with Crippen molar-refractivity contribution in [2.75, 3.05) is 19.6 Å². The third kappa shape index (κ3) is 4.68. The Morgan fingerprint density at radius 2 is 1.56 bits per heavy atom. The lowest BCUT2D eigenvalue weighted by Crippen LogP contribution is -2.54. The van der Waals surface area contributed by atoms with Crippen LogP contribution >= 0.6 is 0 Å². The van der Waals surface area contributed by atoms with Gasteiger partial charge in [-0.25, -0.2) is 4.79 Å². The first-order valence-corrected chi connectivity index (χ1v) is 20.0. The van der Waals surface area contributed by atoms with Crippen LogP contribution in [0.15, 0.2) is 35.4 Å². The van der Waals surface area contributed by atoms with E-state index < -0.39 is 0 Å². The summed E-state index contributed by atoms with van der Waals surface area (Å²) in [5, 5.41) is 0. The smallest absolute Gasteiger partial charge is 0.339 e. The van der Waals surface area contributed by atoms with E-state index in [1.807, 2.05) is 17.2 Å². The van der Waals surface area contributed by atoms with Gasteiger partial charge in [0.15, 0.2) is 6.29 Å². The second kappa shape index (κ2) is 11.8. The Labute approximate surface area is 292 Å². The minimum atomic E-state index is -0.359. The van der Waals surface area contributed by atoms with Gasteiger partial charge in [-0.2, -0.15) is 0 Å². The average molecular weight is 656 g/mol. The van der Waals surface area contributed by atoms with E-state index in [2.05, 4.69) is 53.4 Å². The highest BCUT2D eigenvalue weighted by molar-refractivity contribution is 5.98. The fourth-order valence-corrected chi connectivity index (χ4v) is 13.9. The largest absolute Gasteiger partial charge is 0.459 e. The topological polar surface area (TPSA) is 46.6 Å². The van der Waals surface area contributed by atoms with Crippen molar-refractivity contribution >= 4 is 12.3 Å². The molecule has 0 N–H and O–H groups in total. The van der Waals surface area contributed by atoms with E-state index in [0.29, 0.717) is 38.2 Å². The highest BCUT2D eigenvalue weighted by Gasteiger charge is 2.91. The Morgan fingerprint density at radius 3 is 2.29 bits per heavy atom. The summed E-state index contributed by atoms with van der Waals surface area (Å²) in [6, 6.07) is 7.02. The maximum atomic E-state index is 13.2. The molecule has 7 atom stereocenters. The molecule has 1 aliphatic heterocycles. The lowest BCUT2D eigenvalue weighted by Gasteiger charge is -2.64. The van der Waals surface area contributed by atoms with Crippen molar-refractivity contribution in [2.45, 2.75) is 157 Å². The number of ether oxygens (including phenoxy) is 1. The zero-order valence-corrected chi connectivity index (χ0v) is 31.6. The zero-order valence-electron chi connectivity index (χ0n) is 31.6. The van der Waals surface area contributed by atoms with E-state index in [9.17, 15) is 9.59 Å². The van der Waals surface area contributed by atoms with Crippen LogP contribution in [0.25, 0.3) is 0 Å². The summed E-state index contributed by atoms with van der Waals surface area (Å²) in [7, 11) is 0. The molecule has 1 spiro atoms. The van der Waals surface area contributed by atoms with Crippen LogP contribution in [-0.4, -0.2) is 42.9 Å². The summed E-state index contributed by atoms with van der Waals surface area (Å²) in [6.45, 7) is 21.9. The number of aldehydes is 1. The summed E-state index contributed by atoms with van der Waals surface area (Å²) >= 11 is 0. The van der Waals surface area contributed by atoms with E-state index in [0.717, 1.165) is 25.5 Å². The molecule has 7 rings (SSSR count). The summed E-state index contributed by atoms with van der Waals surface area (Å²) in [5.74, 6) is -0.359. The molecular weight excluding hydrogens is 590 g/mol. The Hall–Kier alpha value is -1.94. The molecule has 0 bridgehead atoms. The highest BCUT2D eigenvalue weighted by atomic mass is 16.5. The van der Waals surface area contributed by atoms with Crippen molar-refractivity contribution in [2.24, 2.45) is 37.9 Å². The number of fused-ring (bicyclic) bond motifs is 3. The second-order valence-electron chi connectivity index (χ2n) is 19.1.